The van der Waals surface area contributed by atoms with Gasteiger partial charge in [0.15, 0.2) is 5.76 Å². The van der Waals surface area contributed by atoms with E-state index in [1.54, 1.807) is 22.7 Å². The second-order valence-electron chi connectivity index (χ2n) is 6.98. The van der Waals surface area contributed by atoms with Crippen LogP contribution in [0.1, 0.15) is 31.2 Å². The van der Waals surface area contributed by atoms with Crippen molar-refractivity contribution in [3.8, 4) is 11.5 Å². The van der Waals surface area contributed by atoms with Gasteiger partial charge < -0.3 is 9.47 Å². The lowest BCUT2D eigenvalue weighted by Crippen LogP contribution is -2.34. The van der Waals surface area contributed by atoms with Gasteiger partial charge in [0, 0.05) is 40.0 Å². The van der Waals surface area contributed by atoms with Crippen LogP contribution in [0.4, 0.5) is 0 Å². The molecule has 0 radical (unpaired) electrons. The van der Waals surface area contributed by atoms with Crippen molar-refractivity contribution >= 4 is 34.5 Å². The molecule has 0 saturated heterocycles. The number of hydrogen-bond donors (Lipinski definition) is 0. The number of nitrogens with zero attached hydrogens (tertiary/aromatic N) is 1. The van der Waals surface area contributed by atoms with E-state index in [0.29, 0.717) is 23.8 Å². The van der Waals surface area contributed by atoms with E-state index in [9.17, 15) is 4.79 Å². The fraction of sp³-hybridized carbons (Fsp3) is 0.227. The van der Waals surface area contributed by atoms with Gasteiger partial charge in [0.2, 0.25) is 5.78 Å². The third-order valence-electron chi connectivity index (χ3n) is 5.07. The number of hydrogen-bond acceptors (Lipinski definition) is 6. The molecule has 0 N–H and O–H groups in total. The molecule has 0 fully saturated rings. The molecule has 1 aromatic carbocycles. The maximum absolute atomic E-state index is 12.9. The molecule has 2 aliphatic heterocycles. The lowest BCUT2D eigenvalue weighted by Gasteiger charge is -2.30. The first-order valence-electron chi connectivity index (χ1n) is 9.21. The van der Waals surface area contributed by atoms with Gasteiger partial charge in [-0.15, -0.1) is 22.7 Å². The highest BCUT2D eigenvalue weighted by Crippen LogP contribution is 2.43. The van der Waals surface area contributed by atoms with E-state index in [-0.39, 0.29) is 5.78 Å². The number of fused-ring (bicyclic) bond motifs is 2. The molecule has 6 heteroatoms. The highest BCUT2D eigenvalue weighted by atomic mass is 32.1. The van der Waals surface area contributed by atoms with Crippen LogP contribution in [0.3, 0.4) is 0 Å². The van der Waals surface area contributed by atoms with E-state index in [4.69, 9.17) is 9.47 Å². The Balaban J connectivity index is 1.39. The number of rotatable bonds is 4. The third-order valence-corrected chi connectivity index (χ3v) is 6.83. The van der Waals surface area contributed by atoms with Gasteiger partial charge in [0.25, 0.3) is 0 Å². The number of carbonyl (C=O) groups is 1. The van der Waals surface area contributed by atoms with Crippen molar-refractivity contribution in [1.82, 2.24) is 4.90 Å². The smallest absolute Gasteiger partial charge is 0.232 e. The predicted octanol–water partition coefficient (Wildman–Crippen LogP) is 5.13. The Hall–Kier alpha value is -2.41. The number of thiophene rings is 2. The summed E-state index contributed by atoms with van der Waals surface area (Å²) in [6, 6.07) is 10.1. The van der Waals surface area contributed by atoms with Crippen LogP contribution in [0.25, 0.3) is 6.08 Å². The molecule has 3 aromatic rings. The topological polar surface area (TPSA) is 38.8 Å². The lowest BCUT2D eigenvalue weighted by atomic mass is 10.00. The van der Waals surface area contributed by atoms with Crippen LogP contribution in [0.5, 0.6) is 11.5 Å². The molecule has 142 valence electrons. The molecule has 0 spiro atoms. The zero-order chi connectivity index (χ0) is 19.1. The molecule has 0 unspecified atom stereocenters. The molecule has 4 nitrogen and oxygen atoms in total. The molecule has 4 heterocycles. The Labute approximate surface area is 171 Å². The number of Topliss-reactive ketones (excluding diaryl/α,β-unsaturated/α-hetero) is 1. The van der Waals surface area contributed by atoms with Crippen molar-refractivity contribution < 1.29 is 14.3 Å². The molecule has 0 amide bonds. The van der Waals surface area contributed by atoms with Crippen molar-refractivity contribution in [3.63, 3.8) is 0 Å². The van der Waals surface area contributed by atoms with E-state index in [0.717, 1.165) is 41.3 Å². The van der Waals surface area contributed by atoms with E-state index in [2.05, 4.69) is 22.4 Å². The molecule has 5 rings (SSSR count). The Morgan fingerprint density at radius 2 is 2.04 bits per heavy atom. The Bertz CT molecular complexity index is 1050. The zero-order valence-electron chi connectivity index (χ0n) is 15.4. The standard InChI is InChI=1S/C22H19NO3S2/c1-14-21-15(12-23(13-25-21)7-6-16-4-2-8-27-16)10-18-20(24)19(26-22(14)18)11-17-5-3-9-28-17/h2-5,8-11H,6-7,12-13H2,1H3/b19-11-. The number of ether oxygens (including phenoxy) is 2. The summed E-state index contributed by atoms with van der Waals surface area (Å²) >= 11 is 3.37. The summed E-state index contributed by atoms with van der Waals surface area (Å²) in [5.74, 6) is 1.83. The third kappa shape index (κ3) is 3.17. The van der Waals surface area contributed by atoms with Crippen LogP contribution < -0.4 is 9.47 Å². The molecule has 2 aliphatic rings. The van der Waals surface area contributed by atoms with Crippen molar-refractivity contribution in [3.05, 3.63) is 73.3 Å². The van der Waals surface area contributed by atoms with E-state index in [1.807, 2.05) is 36.6 Å². The van der Waals surface area contributed by atoms with Crippen molar-refractivity contribution in [2.24, 2.45) is 0 Å². The highest BCUT2D eigenvalue weighted by molar-refractivity contribution is 7.10. The van der Waals surface area contributed by atoms with Gasteiger partial charge in [-0.25, -0.2) is 0 Å². The largest absolute Gasteiger partial charge is 0.477 e. The summed E-state index contributed by atoms with van der Waals surface area (Å²) in [6.07, 6.45) is 2.83. The number of benzene rings is 1. The molecule has 0 bridgehead atoms. The van der Waals surface area contributed by atoms with Gasteiger partial charge in [-0.1, -0.05) is 12.1 Å². The lowest BCUT2D eigenvalue weighted by molar-refractivity contribution is 0.0956. The fourth-order valence-electron chi connectivity index (χ4n) is 3.67. The quantitative estimate of drug-likeness (QED) is 0.560. The first kappa shape index (κ1) is 17.7. The maximum Gasteiger partial charge on any atom is 0.232 e. The van der Waals surface area contributed by atoms with Gasteiger partial charge in [0.05, 0.1) is 5.56 Å². The molecular weight excluding hydrogens is 390 g/mol. The minimum absolute atomic E-state index is 0.0509. The van der Waals surface area contributed by atoms with Gasteiger partial charge in [-0.3, -0.25) is 9.69 Å². The number of carbonyl (C=O) groups excluding carboxylic acids is 1. The van der Waals surface area contributed by atoms with Crippen LogP contribution in [0, 0.1) is 6.92 Å². The second-order valence-corrected chi connectivity index (χ2v) is 8.99. The predicted molar refractivity (Wildman–Crippen MR) is 112 cm³/mol. The average molecular weight is 410 g/mol. The van der Waals surface area contributed by atoms with Gasteiger partial charge >= 0.3 is 0 Å². The van der Waals surface area contributed by atoms with E-state index < -0.39 is 0 Å². The van der Waals surface area contributed by atoms with Crippen molar-refractivity contribution in [2.75, 3.05) is 13.3 Å². The zero-order valence-corrected chi connectivity index (χ0v) is 17.1. The summed E-state index contributed by atoms with van der Waals surface area (Å²) in [5.41, 5.74) is 2.61. The molecule has 2 aromatic heterocycles. The fourth-order valence-corrected chi connectivity index (χ4v) is 5.01. The van der Waals surface area contributed by atoms with Crippen LogP contribution in [0.15, 0.2) is 46.9 Å². The first-order valence-corrected chi connectivity index (χ1v) is 11.0. The summed E-state index contributed by atoms with van der Waals surface area (Å²) in [5, 5.41) is 4.10. The normalized spacial score (nSPS) is 17.3. The summed E-state index contributed by atoms with van der Waals surface area (Å²) in [6.45, 7) is 4.25. The van der Waals surface area contributed by atoms with Crippen LogP contribution in [-0.2, 0) is 13.0 Å². The Morgan fingerprint density at radius 1 is 1.18 bits per heavy atom. The van der Waals surface area contributed by atoms with E-state index >= 15 is 0 Å². The summed E-state index contributed by atoms with van der Waals surface area (Å²) < 4.78 is 12.0. The first-order chi connectivity index (χ1) is 13.7. The molecular formula is C22H19NO3S2. The summed E-state index contributed by atoms with van der Waals surface area (Å²) in [7, 11) is 0. The highest BCUT2D eigenvalue weighted by Gasteiger charge is 2.33. The van der Waals surface area contributed by atoms with Crippen LogP contribution in [0.2, 0.25) is 0 Å². The van der Waals surface area contributed by atoms with Gasteiger partial charge in [0.1, 0.15) is 18.2 Å². The van der Waals surface area contributed by atoms with E-state index in [1.165, 1.54) is 4.88 Å². The Kier molecular flexibility index (Phi) is 4.55. The molecule has 0 aliphatic carbocycles. The van der Waals surface area contributed by atoms with Crippen molar-refractivity contribution in [1.29, 1.82) is 0 Å². The van der Waals surface area contributed by atoms with Crippen LogP contribution in [-0.4, -0.2) is 24.0 Å². The monoisotopic (exact) mass is 409 g/mol. The SMILES string of the molecule is Cc1c2c(cc3c1O/C(=C\c1cccs1)C3=O)CN(CCc1cccs1)CO2. The van der Waals surface area contributed by atoms with Gasteiger partial charge in [-0.05, 0) is 42.3 Å². The minimum atomic E-state index is -0.0509. The average Bonchev–Trinajstić information content (AvgIpc) is 3.45. The molecule has 28 heavy (non-hydrogen) atoms. The molecule has 0 saturated carbocycles. The summed E-state index contributed by atoms with van der Waals surface area (Å²) in [4.78, 5) is 17.5. The maximum atomic E-state index is 12.9. The van der Waals surface area contributed by atoms with Gasteiger partial charge in [-0.2, -0.15) is 0 Å². The molecule has 0 atom stereocenters. The minimum Gasteiger partial charge on any atom is -0.477 e. The second kappa shape index (κ2) is 7.20. The Morgan fingerprint density at radius 3 is 2.82 bits per heavy atom. The van der Waals surface area contributed by atoms with Crippen molar-refractivity contribution in [2.45, 2.75) is 19.9 Å². The number of allylic oxidation sites excluding steroid dienone is 1. The van der Waals surface area contributed by atoms with Crippen LogP contribution >= 0.6 is 22.7 Å². The number of ketones is 1.